The molecular formula is C15H12Cl2N2O4S. The van der Waals surface area contributed by atoms with Crippen molar-refractivity contribution < 1.29 is 17.9 Å². The minimum atomic E-state index is -4.11. The van der Waals surface area contributed by atoms with E-state index in [1.54, 1.807) is 24.3 Å². The second-order valence-corrected chi connectivity index (χ2v) is 7.70. The van der Waals surface area contributed by atoms with E-state index in [4.69, 9.17) is 27.9 Å². The van der Waals surface area contributed by atoms with Crippen molar-refractivity contribution in [1.29, 1.82) is 0 Å². The lowest BCUT2D eigenvalue weighted by Gasteiger charge is -2.29. The predicted molar refractivity (Wildman–Crippen MR) is 91.2 cm³/mol. The van der Waals surface area contributed by atoms with Crippen LogP contribution >= 0.6 is 23.2 Å². The number of nitrogens with zero attached hydrogens (tertiary/aromatic N) is 1. The highest BCUT2D eigenvalue weighted by molar-refractivity contribution is 7.90. The van der Waals surface area contributed by atoms with Crippen LogP contribution in [0.25, 0.3) is 0 Å². The Morgan fingerprint density at radius 2 is 1.96 bits per heavy atom. The third kappa shape index (κ3) is 2.90. The summed E-state index contributed by atoms with van der Waals surface area (Å²) in [6.45, 7) is -0.149. The van der Waals surface area contributed by atoms with Gasteiger partial charge in [-0.25, -0.2) is 17.5 Å². The number of anilines is 1. The molecule has 0 atom stereocenters. The number of urea groups is 1. The monoisotopic (exact) mass is 386 g/mol. The third-order valence-electron chi connectivity index (χ3n) is 3.48. The fourth-order valence-corrected chi connectivity index (χ4v) is 4.69. The van der Waals surface area contributed by atoms with Crippen molar-refractivity contribution >= 4 is 44.9 Å². The lowest BCUT2D eigenvalue weighted by atomic mass is 10.2. The zero-order valence-corrected chi connectivity index (χ0v) is 14.7. The molecule has 1 N–H and O–H groups in total. The van der Waals surface area contributed by atoms with Crippen molar-refractivity contribution in [2.24, 2.45) is 0 Å². The second kappa shape index (κ2) is 6.16. The van der Waals surface area contributed by atoms with Gasteiger partial charge in [0, 0.05) is 5.02 Å². The first kappa shape index (κ1) is 16.9. The van der Waals surface area contributed by atoms with E-state index in [1.165, 1.54) is 19.2 Å². The van der Waals surface area contributed by atoms with Gasteiger partial charge in [0.1, 0.15) is 10.6 Å². The number of carbonyl (C=O) groups is 1. The fourth-order valence-electron chi connectivity index (χ4n) is 2.41. The summed E-state index contributed by atoms with van der Waals surface area (Å²) in [5.41, 5.74) is 0.668. The van der Waals surface area contributed by atoms with E-state index in [9.17, 15) is 13.2 Å². The number of sulfonamides is 1. The van der Waals surface area contributed by atoms with E-state index in [2.05, 4.69) is 5.32 Å². The summed E-state index contributed by atoms with van der Waals surface area (Å²) in [5.74, 6) is 0.563. The first-order valence-electron chi connectivity index (χ1n) is 6.78. The van der Waals surface area contributed by atoms with Crippen LogP contribution in [0.15, 0.2) is 41.3 Å². The lowest BCUT2D eigenvalue weighted by molar-refractivity contribution is 0.233. The van der Waals surface area contributed by atoms with Crippen molar-refractivity contribution in [3.63, 3.8) is 0 Å². The van der Waals surface area contributed by atoms with Crippen molar-refractivity contribution in [3.8, 4) is 5.75 Å². The topological polar surface area (TPSA) is 75.7 Å². The van der Waals surface area contributed by atoms with Crippen LogP contribution in [0, 0.1) is 0 Å². The van der Waals surface area contributed by atoms with Gasteiger partial charge in [-0.15, -0.1) is 0 Å². The lowest BCUT2D eigenvalue weighted by Crippen LogP contribution is -2.43. The Kier molecular flexibility index (Phi) is 4.33. The third-order valence-corrected chi connectivity index (χ3v) is 5.94. The molecule has 0 spiro atoms. The molecule has 3 rings (SSSR count). The van der Waals surface area contributed by atoms with Crippen LogP contribution in [0.1, 0.15) is 5.56 Å². The first-order valence-corrected chi connectivity index (χ1v) is 8.98. The molecule has 0 unspecified atom stereocenters. The molecule has 2 amide bonds. The van der Waals surface area contributed by atoms with Crippen LogP contribution in [0.3, 0.4) is 0 Å². The van der Waals surface area contributed by atoms with Crippen molar-refractivity contribution in [1.82, 2.24) is 4.31 Å². The Morgan fingerprint density at radius 1 is 1.21 bits per heavy atom. The van der Waals surface area contributed by atoms with Crippen molar-refractivity contribution in [2.45, 2.75) is 11.4 Å². The van der Waals surface area contributed by atoms with Gasteiger partial charge in [-0.1, -0.05) is 35.3 Å². The number of rotatable bonds is 3. The average molecular weight is 387 g/mol. The first-order chi connectivity index (χ1) is 11.3. The molecule has 9 heteroatoms. The number of amides is 2. The maximum atomic E-state index is 12.8. The van der Waals surface area contributed by atoms with Crippen molar-refractivity contribution in [3.05, 3.63) is 52.0 Å². The van der Waals surface area contributed by atoms with Crippen LogP contribution in [-0.2, 0) is 16.6 Å². The number of methoxy groups -OCH3 is 1. The number of hydrogen-bond acceptors (Lipinski definition) is 4. The number of carbonyl (C=O) groups excluding carboxylic acids is 1. The summed E-state index contributed by atoms with van der Waals surface area (Å²) in [6.07, 6.45) is 0. The average Bonchev–Trinajstić information content (AvgIpc) is 2.50. The molecule has 0 aromatic heterocycles. The molecule has 6 nitrogen and oxygen atoms in total. The minimum Gasteiger partial charge on any atom is -0.497 e. The predicted octanol–water partition coefficient (Wildman–Crippen LogP) is 3.74. The van der Waals surface area contributed by atoms with Gasteiger partial charge in [-0.2, -0.15) is 0 Å². The Hall–Kier alpha value is -1.96. The molecule has 0 fully saturated rings. The van der Waals surface area contributed by atoms with E-state index in [1.807, 2.05) is 0 Å². The molecule has 0 radical (unpaired) electrons. The van der Waals surface area contributed by atoms with Gasteiger partial charge < -0.3 is 10.1 Å². The molecular weight excluding hydrogens is 375 g/mol. The summed E-state index contributed by atoms with van der Waals surface area (Å²) in [5, 5.41) is 2.69. The van der Waals surface area contributed by atoms with Gasteiger partial charge in [-0.3, -0.25) is 0 Å². The Bertz CT molecular complexity index is 931. The highest BCUT2D eigenvalue weighted by Gasteiger charge is 2.38. The largest absolute Gasteiger partial charge is 0.497 e. The highest BCUT2D eigenvalue weighted by atomic mass is 35.5. The molecule has 1 aliphatic heterocycles. The number of benzene rings is 2. The van der Waals surface area contributed by atoms with Gasteiger partial charge in [-0.05, 0) is 29.8 Å². The maximum absolute atomic E-state index is 12.8. The van der Waals surface area contributed by atoms with Crippen molar-refractivity contribution in [2.75, 3.05) is 12.4 Å². The molecule has 126 valence electrons. The summed E-state index contributed by atoms with van der Waals surface area (Å²) in [7, 11) is -2.60. The summed E-state index contributed by atoms with van der Waals surface area (Å²) in [6, 6.07) is 8.68. The fraction of sp³-hybridized carbons (Fsp3) is 0.133. The normalized spacial score (nSPS) is 15.6. The van der Waals surface area contributed by atoms with E-state index in [0.29, 0.717) is 11.3 Å². The number of halogens is 2. The number of hydrogen-bond donors (Lipinski definition) is 1. The van der Waals surface area contributed by atoms with Gasteiger partial charge in [0.05, 0.1) is 24.4 Å². The Labute approximate surface area is 149 Å². The quantitative estimate of drug-likeness (QED) is 0.871. The van der Waals surface area contributed by atoms with E-state index < -0.39 is 16.1 Å². The molecule has 0 bridgehead atoms. The van der Waals surface area contributed by atoms with Gasteiger partial charge in [0.2, 0.25) is 0 Å². The molecule has 0 saturated heterocycles. The summed E-state index contributed by atoms with van der Waals surface area (Å²) in [4.78, 5) is 12.1. The van der Waals surface area contributed by atoms with Gasteiger partial charge in [0.15, 0.2) is 0 Å². The molecule has 0 saturated carbocycles. The number of fused-ring (bicyclic) bond motifs is 1. The maximum Gasteiger partial charge on any atom is 0.336 e. The van der Waals surface area contributed by atoms with Crippen LogP contribution in [0.5, 0.6) is 5.75 Å². The standard InChI is InChI=1S/C15H12Cl2N2O4S/c1-23-11-4-2-3-9(5-11)8-19-15(20)18-13-7-10(16)6-12(17)14(13)24(19,21)22/h2-7H,8H2,1H3,(H,18,20). The number of ether oxygens (including phenoxy) is 1. The number of nitrogens with one attached hydrogen (secondary N) is 1. The Balaban J connectivity index is 2.05. The molecule has 1 aliphatic rings. The molecule has 2 aromatic rings. The molecule has 0 aliphatic carbocycles. The Morgan fingerprint density at radius 3 is 2.67 bits per heavy atom. The highest BCUT2D eigenvalue weighted by Crippen LogP contribution is 2.38. The van der Waals surface area contributed by atoms with Crippen LogP contribution in [-0.4, -0.2) is 25.9 Å². The summed E-state index contributed by atoms with van der Waals surface area (Å²) >= 11 is 11.9. The minimum absolute atomic E-state index is 0.0480. The second-order valence-electron chi connectivity index (χ2n) is 5.06. The molecule has 24 heavy (non-hydrogen) atoms. The van der Waals surface area contributed by atoms with E-state index in [0.717, 1.165) is 4.31 Å². The zero-order valence-electron chi connectivity index (χ0n) is 12.4. The van der Waals surface area contributed by atoms with Crippen LogP contribution < -0.4 is 10.1 Å². The van der Waals surface area contributed by atoms with Gasteiger partial charge >= 0.3 is 6.03 Å². The smallest absolute Gasteiger partial charge is 0.336 e. The van der Waals surface area contributed by atoms with E-state index >= 15 is 0 Å². The van der Waals surface area contributed by atoms with E-state index in [-0.39, 0.29) is 27.2 Å². The zero-order chi connectivity index (χ0) is 17.5. The van der Waals surface area contributed by atoms with Gasteiger partial charge in [0.25, 0.3) is 10.0 Å². The van der Waals surface area contributed by atoms with Crippen LogP contribution in [0.2, 0.25) is 10.0 Å². The summed E-state index contributed by atoms with van der Waals surface area (Å²) < 4.78 is 31.5. The molecule has 2 aromatic carbocycles. The molecule has 1 heterocycles. The van der Waals surface area contributed by atoms with Crippen LogP contribution in [0.4, 0.5) is 10.5 Å². The SMILES string of the molecule is COc1cccc(CN2C(=O)Nc3cc(Cl)cc(Cl)c3S2(=O)=O)c1.